The van der Waals surface area contributed by atoms with E-state index in [-0.39, 0.29) is 43.4 Å². The van der Waals surface area contributed by atoms with Gasteiger partial charge in [0.2, 0.25) is 0 Å². The van der Waals surface area contributed by atoms with Crippen LogP contribution < -0.4 is 0 Å². The van der Waals surface area contributed by atoms with Gasteiger partial charge in [-0.05, 0) is 43.4 Å². The zero-order valence-electron chi connectivity index (χ0n) is 15.0. The summed E-state index contributed by atoms with van der Waals surface area (Å²) in [6, 6.07) is 5.70. The molecule has 0 radical (unpaired) electrons. The minimum atomic E-state index is -4.34. The second-order valence-corrected chi connectivity index (χ2v) is 7.11. The van der Waals surface area contributed by atoms with Crippen molar-refractivity contribution < 1.29 is 23.1 Å². The summed E-state index contributed by atoms with van der Waals surface area (Å²) in [5.41, 5.74) is 0.115. The van der Waals surface area contributed by atoms with Crippen LogP contribution in [0.5, 0.6) is 0 Å². The molecule has 1 aliphatic carbocycles. The maximum absolute atomic E-state index is 13.0. The lowest BCUT2D eigenvalue weighted by atomic mass is 9.96. The summed E-state index contributed by atoms with van der Waals surface area (Å²) in [4.78, 5) is 15.1. The number of aliphatic carboxylic acids is 1. The summed E-state index contributed by atoms with van der Waals surface area (Å²) in [5.74, 6) is -0.460. The maximum atomic E-state index is 13.0. The molecule has 9 heteroatoms. The lowest BCUT2D eigenvalue weighted by Crippen LogP contribution is -2.54. The van der Waals surface area contributed by atoms with Crippen molar-refractivity contribution in [3.8, 4) is 0 Å². The highest BCUT2D eigenvalue weighted by atomic mass is 35.5. The Morgan fingerprint density at radius 3 is 2.44 bits per heavy atom. The summed E-state index contributed by atoms with van der Waals surface area (Å²) >= 11 is 0. The van der Waals surface area contributed by atoms with Crippen molar-refractivity contribution in [2.75, 3.05) is 26.2 Å². The Kier molecular flexibility index (Phi) is 8.41. The van der Waals surface area contributed by atoms with E-state index in [1.165, 1.54) is 12.1 Å². The molecule has 0 spiro atoms. The lowest BCUT2D eigenvalue weighted by Gasteiger charge is -2.43. The molecule has 1 unspecified atom stereocenters. The van der Waals surface area contributed by atoms with Gasteiger partial charge in [-0.3, -0.25) is 14.6 Å². The first-order valence-corrected chi connectivity index (χ1v) is 8.63. The molecule has 4 nitrogen and oxygen atoms in total. The summed E-state index contributed by atoms with van der Waals surface area (Å²) < 4.78 is 39.1. The third-order valence-electron chi connectivity index (χ3n) is 5.15. The molecule has 2 fully saturated rings. The van der Waals surface area contributed by atoms with Crippen LogP contribution in [-0.2, 0) is 11.0 Å². The molecule has 2 atom stereocenters. The third kappa shape index (κ3) is 5.98. The molecule has 1 heterocycles. The normalized spacial score (nSPS) is 22.4. The van der Waals surface area contributed by atoms with E-state index in [0.29, 0.717) is 25.6 Å². The van der Waals surface area contributed by atoms with Crippen molar-refractivity contribution >= 4 is 30.8 Å². The molecule has 3 rings (SSSR count). The van der Waals surface area contributed by atoms with Crippen molar-refractivity contribution in [3.63, 3.8) is 0 Å². The number of benzene rings is 1. The summed E-state index contributed by atoms with van der Waals surface area (Å²) in [6.07, 6.45) is -2.27. The predicted molar refractivity (Wildman–Crippen MR) is 102 cm³/mol. The van der Waals surface area contributed by atoms with Crippen LogP contribution in [0.2, 0.25) is 0 Å². The van der Waals surface area contributed by atoms with Crippen molar-refractivity contribution in [2.45, 2.75) is 38.0 Å². The monoisotopic (exact) mass is 428 g/mol. The van der Waals surface area contributed by atoms with E-state index in [2.05, 4.69) is 4.90 Å². The van der Waals surface area contributed by atoms with Crippen LogP contribution in [0.1, 0.15) is 36.9 Å². The van der Waals surface area contributed by atoms with Gasteiger partial charge in [0.05, 0.1) is 12.1 Å². The summed E-state index contributed by atoms with van der Waals surface area (Å²) in [5, 5.41) is 8.98. The van der Waals surface area contributed by atoms with Gasteiger partial charge < -0.3 is 5.11 Å². The molecule has 1 saturated heterocycles. The quantitative estimate of drug-likeness (QED) is 0.766. The molecule has 0 bridgehead atoms. The number of rotatable bonds is 5. The fourth-order valence-electron chi connectivity index (χ4n) is 3.78. The average molecular weight is 429 g/mol. The van der Waals surface area contributed by atoms with Crippen molar-refractivity contribution in [2.24, 2.45) is 5.92 Å². The number of piperazine rings is 1. The number of hydrogen-bond donors (Lipinski definition) is 1. The number of halogens is 5. The van der Waals surface area contributed by atoms with E-state index < -0.39 is 17.7 Å². The second-order valence-electron chi connectivity index (χ2n) is 7.11. The van der Waals surface area contributed by atoms with Crippen LogP contribution >= 0.6 is 24.8 Å². The molecule has 1 saturated carbocycles. The Morgan fingerprint density at radius 2 is 1.93 bits per heavy atom. The minimum Gasteiger partial charge on any atom is -0.480 e. The molecule has 1 aliphatic heterocycles. The van der Waals surface area contributed by atoms with Gasteiger partial charge in [-0.1, -0.05) is 12.1 Å². The Bertz CT molecular complexity index is 641. The zero-order valence-corrected chi connectivity index (χ0v) is 16.6. The molecule has 2 aliphatic rings. The number of carbonyl (C=O) groups is 1. The molecule has 0 aromatic heterocycles. The van der Waals surface area contributed by atoms with Gasteiger partial charge in [0.25, 0.3) is 0 Å². The van der Waals surface area contributed by atoms with Gasteiger partial charge in [-0.25, -0.2) is 0 Å². The SMILES string of the molecule is CC1CN([C@@H](c2cccc(C(F)(F)F)c2)C2CC2)CCN1CC(=O)O.Cl.Cl. The first-order chi connectivity index (χ1) is 11.8. The Labute approximate surface area is 169 Å². The standard InChI is InChI=1S/C18H23F3N2O2.2ClH/c1-12-10-23(8-7-22(12)11-16(24)25)17(13-5-6-13)14-3-2-4-15(9-14)18(19,20)21;;/h2-4,9,12-13,17H,5-8,10-11H2,1H3,(H,24,25);2*1H/t12?,17-;;/m1../s1. The summed E-state index contributed by atoms with van der Waals surface area (Å²) in [6.45, 7) is 3.95. The predicted octanol–water partition coefficient (Wildman–Crippen LogP) is 4.09. The van der Waals surface area contributed by atoms with Crippen LogP contribution in [0, 0.1) is 5.92 Å². The lowest BCUT2D eigenvalue weighted by molar-refractivity contribution is -0.139. The van der Waals surface area contributed by atoms with Gasteiger partial charge in [-0.2, -0.15) is 13.2 Å². The zero-order chi connectivity index (χ0) is 18.2. The van der Waals surface area contributed by atoms with Crippen molar-refractivity contribution in [1.29, 1.82) is 0 Å². The molecular formula is C18H25Cl2F3N2O2. The van der Waals surface area contributed by atoms with E-state index >= 15 is 0 Å². The van der Waals surface area contributed by atoms with Crippen LogP contribution in [0.4, 0.5) is 13.2 Å². The molecule has 0 amide bonds. The van der Waals surface area contributed by atoms with Gasteiger partial charge in [-0.15, -0.1) is 24.8 Å². The number of carboxylic acids is 1. The van der Waals surface area contributed by atoms with E-state index in [1.54, 1.807) is 6.07 Å². The smallest absolute Gasteiger partial charge is 0.416 e. The van der Waals surface area contributed by atoms with Gasteiger partial charge >= 0.3 is 12.1 Å². The molecule has 1 aromatic rings. The number of alkyl halides is 3. The molecule has 27 heavy (non-hydrogen) atoms. The highest BCUT2D eigenvalue weighted by Crippen LogP contribution is 2.46. The summed E-state index contributed by atoms with van der Waals surface area (Å²) in [7, 11) is 0. The van der Waals surface area contributed by atoms with E-state index in [4.69, 9.17) is 5.11 Å². The molecule has 1 N–H and O–H groups in total. The fourth-order valence-corrected chi connectivity index (χ4v) is 3.78. The van der Waals surface area contributed by atoms with Crippen LogP contribution in [0.15, 0.2) is 24.3 Å². The molecule has 154 valence electrons. The largest absolute Gasteiger partial charge is 0.480 e. The Morgan fingerprint density at radius 1 is 1.26 bits per heavy atom. The average Bonchev–Trinajstić information content (AvgIpc) is 3.34. The van der Waals surface area contributed by atoms with Crippen LogP contribution in [-0.4, -0.2) is 53.1 Å². The third-order valence-corrected chi connectivity index (χ3v) is 5.15. The number of nitrogens with zero attached hydrogens (tertiary/aromatic N) is 2. The van der Waals surface area contributed by atoms with Crippen LogP contribution in [0.25, 0.3) is 0 Å². The van der Waals surface area contributed by atoms with Gasteiger partial charge in [0.15, 0.2) is 0 Å². The topological polar surface area (TPSA) is 43.8 Å². The van der Waals surface area contributed by atoms with Gasteiger partial charge in [0, 0.05) is 31.7 Å². The molecular weight excluding hydrogens is 404 g/mol. The Balaban J connectivity index is 0.00000182. The number of hydrogen-bond acceptors (Lipinski definition) is 3. The minimum absolute atomic E-state index is 0. The van der Waals surface area contributed by atoms with Crippen molar-refractivity contribution in [1.82, 2.24) is 9.80 Å². The molecule has 1 aromatic carbocycles. The van der Waals surface area contributed by atoms with E-state index in [9.17, 15) is 18.0 Å². The van der Waals surface area contributed by atoms with Crippen molar-refractivity contribution in [3.05, 3.63) is 35.4 Å². The van der Waals surface area contributed by atoms with Crippen LogP contribution in [0.3, 0.4) is 0 Å². The first-order valence-electron chi connectivity index (χ1n) is 8.63. The van der Waals surface area contributed by atoms with Gasteiger partial charge in [0.1, 0.15) is 0 Å². The van der Waals surface area contributed by atoms with E-state index in [0.717, 1.165) is 24.5 Å². The number of carboxylic acid groups (broad SMARTS) is 1. The highest BCUT2D eigenvalue weighted by molar-refractivity contribution is 5.85. The van der Waals surface area contributed by atoms with E-state index in [1.807, 2.05) is 11.8 Å². The maximum Gasteiger partial charge on any atom is 0.416 e. The first kappa shape index (κ1) is 24.0. The highest BCUT2D eigenvalue weighted by Gasteiger charge is 2.40. The fraction of sp³-hybridized carbons (Fsp3) is 0.611. The Hall–Kier alpha value is -1.02. The second kappa shape index (κ2) is 9.45.